The summed E-state index contributed by atoms with van der Waals surface area (Å²) in [5, 5.41) is 0. The molecule has 24 atom stereocenters. The molecule has 3 unspecified atom stereocenters. The molecule has 0 amide bonds. The van der Waals surface area contributed by atoms with E-state index in [0.29, 0.717) is 37.0 Å². The molecule has 0 radical (unpaired) electrons. The van der Waals surface area contributed by atoms with Crippen LogP contribution in [0.15, 0.2) is 0 Å². The fourth-order valence-electron chi connectivity index (χ4n) is 17.8. The number of carbonyl (C=O) groups is 5. The minimum absolute atomic E-state index is 0.0520. The predicted octanol–water partition coefficient (Wildman–Crippen LogP) is 7.63. The van der Waals surface area contributed by atoms with Gasteiger partial charge in [-0.15, -0.1) is 0 Å². The third kappa shape index (κ3) is 10.1. The van der Waals surface area contributed by atoms with Crippen LogP contribution in [0.3, 0.4) is 0 Å². The summed E-state index contributed by atoms with van der Waals surface area (Å²) in [6.45, 7) is 16.2. The summed E-state index contributed by atoms with van der Waals surface area (Å²) in [7, 11) is 0. The number of carbonyl (C=O) groups excluding carboxylic acids is 5. The SMILES string of the molecule is C[C@@H]1CC[C@H]2[C@@H](C)C(CC(=O)OCC(COC(=O)CCOC=O)(COC(=O)CC3O[C@@H]4O[C@@]5(C)CC[C@H]6[C@H](C)CC[C@@H]([C@H]3C)[C@@]46OO5)COC(=O)CC3O[C@@H]4O[C@]5(C)CC[C@H]6[C@H](C)CC[C@@H]([C@H]3C)[C@@]46OO5)O[C@@H]3O[C@@]4(C)CC[C@@H]1[C@]32OO4. The number of hydrogen-bond donors (Lipinski definition) is 0. The van der Waals surface area contributed by atoms with Gasteiger partial charge in [-0.2, -0.15) is 0 Å². The molecule has 0 aromatic heterocycles. The molecule has 3 aliphatic carbocycles. The van der Waals surface area contributed by atoms with Crippen molar-refractivity contribution in [2.75, 3.05) is 33.0 Å². The standard InChI is InChI=1S/C60H88O22/c1-32-10-13-41-35(4)44(71-51-58(41)38(32)16-20-54(7,74-51)77-80-58)24-48(63)68-28-57(27-67-47(62)19-23-66-31-61,29-69-49(64)25-45-36(5)42-14-11-33(2)39-17-21-55(8)75-52(72-45)59(39,42)81-78-55)30-70-50(65)26-46-37(6)43-15-12-34(3)40-18-22-56(9)76-53(73-46)60(40,43)82-79-56/h31-46,51-53H,10-30H2,1-9H3/t32-,33-,34-,35-,36-,37-,38+,39+,40+,41+,42+,43+,44?,45?,46?,51-,52-,53-,54-,55-,56+,57?,58-,59-,60-/m1/s1. The Morgan fingerprint density at radius 2 is 0.756 bits per heavy atom. The van der Waals surface area contributed by atoms with E-state index in [1.165, 1.54) is 0 Å². The van der Waals surface area contributed by atoms with Crippen LogP contribution in [0.1, 0.15) is 165 Å². The zero-order valence-corrected chi connectivity index (χ0v) is 49.3. The van der Waals surface area contributed by atoms with Crippen molar-refractivity contribution in [2.24, 2.45) is 76.4 Å². The lowest BCUT2D eigenvalue weighted by molar-refractivity contribution is -0.571. The first kappa shape index (κ1) is 59.2. The van der Waals surface area contributed by atoms with Crippen LogP contribution in [0.4, 0.5) is 0 Å². The molecule has 15 fully saturated rings. The molecule has 0 aromatic rings. The van der Waals surface area contributed by atoms with Gasteiger partial charge in [-0.3, -0.25) is 24.0 Å². The van der Waals surface area contributed by atoms with Crippen LogP contribution in [0.5, 0.6) is 0 Å². The largest absolute Gasteiger partial charge is 0.467 e. The highest BCUT2D eigenvalue weighted by molar-refractivity contribution is 5.72. The topological polar surface area (TPSA) is 242 Å². The minimum atomic E-state index is -1.67. The van der Waals surface area contributed by atoms with Crippen molar-refractivity contribution >= 4 is 30.3 Å². The van der Waals surface area contributed by atoms with E-state index in [-0.39, 0.29) is 92.0 Å². The van der Waals surface area contributed by atoms with Gasteiger partial charge in [-0.05, 0) is 132 Å². The fourth-order valence-corrected chi connectivity index (χ4v) is 17.8. The second-order valence-electron chi connectivity index (χ2n) is 27.8. The second kappa shape index (κ2) is 22.2. The number of fused-ring (bicyclic) bond motifs is 6. The average molecular weight is 1160 g/mol. The van der Waals surface area contributed by atoms with Gasteiger partial charge in [0.15, 0.2) is 35.7 Å². The predicted molar refractivity (Wildman–Crippen MR) is 277 cm³/mol. The summed E-state index contributed by atoms with van der Waals surface area (Å²) in [5.74, 6) is -5.12. The maximum absolute atomic E-state index is 14.4. The van der Waals surface area contributed by atoms with Gasteiger partial charge >= 0.3 is 23.9 Å². The maximum Gasteiger partial charge on any atom is 0.309 e. The normalized spacial score (nSPS) is 49.2. The minimum Gasteiger partial charge on any atom is -0.467 e. The first-order valence-corrected chi connectivity index (χ1v) is 30.9. The van der Waals surface area contributed by atoms with E-state index in [4.69, 9.17) is 81.4 Å². The van der Waals surface area contributed by atoms with Crippen molar-refractivity contribution in [3.8, 4) is 0 Å². The smallest absolute Gasteiger partial charge is 0.309 e. The Bertz CT molecular complexity index is 2180. The molecule has 12 saturated heterocycles. The van der Waals surface area contributed by atoms with Gasteiger partial charge in [0.1, 0.15) is 38.4 Å². The summed E-state index contributed by atoms with van der Waals surface area (Å²) < 4.78 is 69.1. The molecule has 12 heterocycles. The van der Waals surface area contributed by atoms with Crippen molar-refractivity contribution < 1.29 is 105 Å². The maximum atomic E-state index is 14.4. The molecule has 15 aliphatic rings. The lowest BCUT2D eigenvalue weighted by Crippen LogP contribution is -2.70. The molecule has 6 bridgehead atoms. The lowest BCUT2D eigenvalue weighted by atomic mass is 9.57. The first-order chi connectivity index (χ1) is 39.1. The summed E-state index contributed by atoms with van der Waals surface area (Å²) in [6, 6.07) is 0. The van der Waals surface area contributed by atoms with Gasteiger partial charge in [-0.25, -0.2) is 29.3 Å². The molecule has 460 valence electrons. The number of hydrogen-bond acceptors (Lipinski definition) is 22. The number of rotatable bonds is 18. The van der Waals surface area contributed by atoms with E-state index in [1.807, 2.05) is 20.8 Å². The van der Waals surface area contributed by atoms with E-state index in [2.05, 4.69) is 41.5 Å². The van der Waals surface area contributed by atoms with Gasteiger partial charge in [-0.1, -0.05) is 41.5 Å². The van der Waals surface area contributed by atoms with Crippen LogP contribution in [-0.4, -0.2) is 135 Å². The Morgan fingerprint density at radius 1 is 0.439 bits per heavy atom. The molecular formula is C60H88O22. The molecular weight excluding hydrogens is 1070 g/mol. The molecule has 22 heteroatoms. The molecule has 15 rings (SSSR count). The Labute approximate surface area is 480 Å². The summed E-state index contributed by atoms with van der Waals surface area (Å²) >= 11 is 0. The van der Waals surface area contributed by atoms with Gasteiger partial charge < -0.3 is 52.1 Å². The van der Waals surface area contributed by atoms with Gasteiger partial charge in [0.2, 0.25) is 17.4 Å². The van der Waals surface area contributed by atoms with Crippen molar-refractivity contribution in [1.29, 1.82) is 0 Å². The highest BCUT2D eigenvalue weighted by atomic mass is 17.3. The molecule has 0 N–H and O–H groups in total. The van der Waals surface area contributed by atoms with Crippen molar-refractivity contribution in [3.63, 3.8) is 0 Å². The van der Waals surface area contributed by atoms with Crippen molar-refractivity contribution in [3.05, 3.63) is 0 Å². The van der Waals surface area contributed by atoms with Crippen molar-refractivity contribution in [2.45, 2.75) is 236 Å². The molecule has 0 aromatic carbocycles. The first-order valence-electron chi connectivity index (χ1n) is 30.9. The van der Waals surface area contributed by atoms with E-state index < -0.39 is 127 Å². The van der Waals surface area contributed by atoms with E-state index in [9.17, 15) is 24.0 Å². The van der Waals surface area contributed by atoms with Gasteiger partial charge in [0, 0.05) is 37.0 Å². The highest BCUT2D eigenvalue weighted by Crippen LogP contribution is 2.64. The van der Waals surface area contributed by atoms with Gasteiger partial charge in [0.25, 0.3) is 6.47 Å². The van der Waals surface area contributed by atoms with E-state index >= 15 is 0 Å². The Balaban J connectivity index is 0.784. The van der Waals surface area contributed by atoms with Crippen LogP contribution in [0, 0.1) is 76.4 Å². The Hall–Kier alpha value is -3.13. The molecule has 3 saturated carbocycles. The summed E-state index contributed by atoms with van der Waals surface area (Å²) in [4.78, 5) is 105. The summed E-state index contributed by atoms with van der Waals surface area (Å²) in [6.07, 6.45) is 4.61. The van der Waals surface area contributed by atoms with Crippen LogP contribution < -0.4 is 0 Å². The summed E-state index contributed by atoms with van der Waals surface area (Å²) in [5.41, 5.74) is -4.21. The lowest BCUT2D eigenvalue weighted by Gasteiger charge is -2.60. The second-order valence-corrected chi connectivity index (χ2v) is 27.8. The van der Waals surface area contributed by atoms with E-state index in [1.54, 1.807) is 0 Å². The van der Waals surface area contributed by atoms with Gasteiger partial charge in [0.05, 0.1) is 44.0 Å². The zero-order chi connectivity index (χ0) is 57.8. The van der Waals surface area contributed by atoms with Crippen LogP contribution >= 0.6 is 0 Å². The quantitative estimate of drug-likeness (QED) is 0.0421. The third-order valence-electron chi connectivity index (χ3n) is 22.6. The average Bonchev–Trinajstić information content (AvgIpc) is 1.57. The van der Waals surface area contributed by atoms with Crippen LogP contribution in [0.2, 0.25) is 0 Å². The molecule has 12 aliphatic heterocycles. The molecule has 82 heavy (non-hydrogen) atoms. The monoisotopic (exact) mass is 1160 g/mol. The Morgan fingerprint density at radius 3 is 1.07 bits per heavy atom. The fraction of sp³-hybridized carbons (Fsp3) is 0.917. The third-order valence-corrected chi connectivity index (χ3v) is 22.6. The van der Waals surface area contributed by atoms with Crippen LogP contribution in [-0.2, 0) is 105 Å². The number of ether oxygens (including phenoxy) is 11. The van der Waals surface area contributed by atoms with Crippen molar-refractivity contribution in [1.82, 2.24) is 0 Å². The Kier molecular flexibility index (Phi) is 16.1. The van der Waals surface area contributed by atoms with E-state index in [0.717, 1.165) is 57.8 Å². The van der Waals surface area contributed by atoms with Crippen LogP contribution in [0.25, 0.3) is 0 Å². The molecule has 3 spiro atoms. The zero-order valence-electron chi connectivity index (χ0n) is 49.3. The number of esters is 4. The highest BCUT2D eigenvalue weighted by Gasteiger charge is 2.72. The molecule has 22 nitrogen and oxygen atoms in total.